The molecule has 17 heavy (non-hydrogen) atoms. The van der Waals surface area contributed by atoms with E-state index in [1.54, 1.807) is 31.2 Å². The highest BCUT2D eigenvalue weighted by atomic mass is 35.5. The molecule has 0 saturated heterocycles. The van der Waals surface area contributed by atoms with Gasteiger partial charge in [-0.3, -0.25) is 8.88 Å². The molecule has 2 aromatic rings. The van der Waals surface area contributed by atoms with Crippen LogP contribution in [0.2, 0.25) is 0 Å². The molecule has 0 aliphatic rings. The van der Waals surface area contributed by atoms with Crippen molar-refractivity contribution in [1.29, 1.82) is 0 Å². The van der Waals surface area contributed by atoms with E-state index in [1.165, 1.54) is 4.09 Å². The van der Waals surface area contributed by atoms with Gasteiger partial charge >= 0.3 is 5.97 Å². The van der Waals surface area contributed by atoms with Crippen molar-refractivity contribution in [2.45, 2.75) is 13.3 Å². The molecule has 0 atom stereocenters. The summed E-state index contributed by atoms with van der Waals surface area (Å²) >= 11 is 6.08. The summed E-state index contributed by atoms with van der Waals surface area (Å²) in [6.07, 6.45) is 0.380. The summed E-state index contributed by atoms with van der Waals surface area (Å²) < 4.78 is 1.25. The van der Waals surface area contributed by atoms with E-state index in [9.17, 15) is 9.59 Å². The summed E-state index contributed by atoms with van der Waals surface area (Å²) in [6, 6.07) is 6.69. The van der Waals surface area contributed by atoms with Gasteiger partial charge in [0.1, 0.15) is 5.56 Å². The first-order valence-electron chi connectivity index (χ1n) is 5.14. The minimum Gasteiger partial charge on any atom is -0.477 e. The zero-order valence-corrected chi connectivity index (χ0v) is 9.86. The second-order valence-corrected chi connectivity index (χ2v) is 3.95. The molecule has 0 saturated carbocycles. The quantitative estimate of drug-likeness (QED) is 0.891. The van der Waals surface area contributed by atoms with Crippen molar-refractivity contribution in [1.82, 2.24) is 4.09 Å². The van der Waals surface area contributed by atoms with Gasteiger partial charge in [-0.1, -0.05) is 19.1 Å². The fourth-order valence-corrected chi connectivity index (χ4v) is 2.23. The van der Waals surface area contributed by atoms with Crippen molar-refractivity contribution in [3.63, 3.8) is 0 Å². The Morgan fingerprint density at radius 3 is 2.65 bits per heavy atom. The maximum Gasteiger partial charge on any atom is 0.341 e. The standard InChI is InChI=1S/C12H10ClNO3/c1-2-8-10(12(16)17)11(15)7-5-3-4-6-9(7)14(8)13/h3-6H,2H2,1H3,(H,16,17). The molecule has 0 unspecified atom stereocenters. The first kappa shape index (κ1) is 11.7. The number of pyridine rings is 1. The lowest BCUT2D eigenvalue weighted by molar-refractivity contribution is 0.0694. The maximum absolute atomic E-state index is 12.0. The van der Waals surface area contributed by atoms with E-state index in [0.29, 0.717) is 23.0 Å². The Balaban J connectivity index is 3.05. The van der Waals surface area contributed by atoms with Gasteiger partial charge in [0.05, 0.1) is 11.2 Å². The number of para-hydroxylation sites is 1. The fourth-order valence-electron chi connectivity index (χ4n) is 1.88. The van der Waals surface area contributed by atoms with E-state index in [-0.39, 0.29) is 5.56 Å². The average Bonchev–Trinajstić information content (AvgIpc) is 2.33. The van der Waals surface area contributed by atoms with Crippen molar-refractivity contribution in [2.24, 2.45) is 0 Å². The first-order valence-corrected chi connectivity index (χ1v) is 5.47. The number of halogens is 1. The third-order valence-corrected chi connectivity index (χ3v) is 3.05. The lowest BCUT2D eigenvalue weighted by Crippen LogP contribution is -2.21. The molecule has 0 radical (unpaired) electrons. The van der Waals surface area contributed by atoms with Crippen molar-refractivity contribution in [3.05, 3.63) is 45.7 Å². The summed E-state index contributed by atoms with van der Waals surface area (Å²) in [5.74, 6) is -1.24. The molecule has 1 heterocycles. The van der Waals surface area contributed by atoms with E-state index in [2.05, 4.69) is 0 Å². The molecule has 0 aliphatic carbocycles. The minimum absolute atomic E-state index is 0.249. The van der Waals surface area contributed by atoms with E-state index in [0.717, 1.165) is 0 Å². The zero-order valence-electron chi connectivity index (χ0n) is 9.11. The van der Waals surface area contributed by atoms with Crippen LogP contribution in [0.25, 0.3) is 10.9 Å². The second-order valence-electron chi connectivity index (χ2n) is 3.61. The van der Waals surface area contributed by atoms with Crippen LogP contribution in [-0.2, 0) is 6.42 Å². The Labute approximate surface area is 102 Å². The largest absolute Gasteiger partial charge is 0.477 e. The van der Waals surface area contributed by atoms with Crippen LogP contribution in [-0.4, -0.2) is 15.2 Å². The molecule has 0 aliphatic heterocycles. The van der Waals surface area contributed by atoms with Gasteiger partial charge in [0.15, 0.2) is 0 Å². The van der Waals surface area contributed by atoms with Crippen LogP contribution >= 0.6 is 11.8 Å². The molecule has 2 rings (SSSR count). The predicted octanol–water partition coefficient (Wildman–Crippen LogP) is 2.26. The number of benzene rings is 1. The Morgan fingerprint density at radius 2 is 2.06 bits per heavy atom. The molecular weight excluding hydrogens is 242 g/mol. The lowest BCUT2D eigenvalue weighted by atomic mass is 10.1. The molecule has 1 aromatic heterocycles. The summed E-state index contributed by atoms with van der Waals surface area (Å²) in [6.45, 7) is 1.76. The Bertz CT molecular complexity index is 661. The third kappa shape index (κ3) is 1.70. The molecule has 0 spiro atoms. The molecule has 5 heteroatoms. The second kappa shape index (κ2) is 4.22. The Morgan fingerprint density at radius 1 is 1.41 bits per heavy atom. The highest BCUT2D eigenvalue weighted by Gasteiger charge is 2.19. The van der Waals surface area contributed by atoms with E-state index >= 15 is 0 Å². The number of aromatic carboxylic acids is 1. The minimum atomic E-state index is -1.24. The summed E-state index contributed by atoms with van der Waals surface area (Å²) in [4.78, 5) is 23.2. The number of carboxylic acids is 1. The number of carbonyl (C=O) groups is 1. The van der Waals surface area contributed by atoms with Crippen LogP contribution in [0.1, 0.15) is 23.0 Å². The molecular formula is C12H10ClNO3. The van der Waals surface area contributed by atoms with Crippen molar-refractivity contribution in [3.8, 4) is 0 Å². The van der Waals surface area contributed by atoms with Crippen molar-refractivity contribution < 1.29 is 9.90 Å². The topological polar surface area (TPSA) is 59.3 Å². The Kier molecular flexibility index (Phi) is 2.90. The summed E-state index contributed by atoms with van der Waals surface area (Å²) in [5, 5.41) is 9.41. The number of nitrogens with zero attached hydrogens (tertiary/aromatic N) is 1. The van der Waals surface area contributed by atoms with Gasteiger partial charge in [0, 0.05) is 17.2 Å². The molecule has 1 N–H and O–H groups in total. The highest BCUT2D eigenvalue weighted by Crippen LogP contribution is 2.18. The van der Waals surface area contributed by atoms with Gasteiger partial charge in [-0.2, -0.15) is 0 Å². The summed E-state index contributed by atoms with van der Waals surface area (Å²) in [5.41, 5.74) is 0.118. The zero-order chi connectivity index (χ0) is 12.6. The molecule has 4 nitrogen and oxygen atoms in total. The number of hydrogen-bond acceptors (Lipinski definition) is 2. The molecule has 0 bridgehead atoms. The lowest BCUT2D eigenvalue weighted by Gasteiger charge is -2.11. The SMILES string of the molecule is CCc1c(C(=O)O)c(=O)c2ccccc2n1Cl. The van der Waals surface area contributed by atoms with Crippen LogP contribution in [0.3, 0.4) is 0 Å². The van der Waals surface area contributed by atoms with E-state index in [1.807, 2.05) is 0 Å². The highest BCUT2D eigenvalue weighted by molar-refractivity contribution is 6.19. The maximum atomic E-state index is 12.0. The van der Waals surface area contributed by atoms with Crippen LogP contribution in [0.5, 0.6) is 0 Å². The van der Waals surface area contributed by atoms with Crippen molar-refractivity contribution in [2.75, 3.05) is 0 Å². The van der Waals surface area contributed by atoms with Crippen LogP contribution in [0.4, 0.5) is 0 Å². The van der Waals surface area contributed by atoms with Gasteiger partial charge in [0.2, 0.25) is 5.43 Å². The molecule has 0 fully saturated rings. The van der Waals surface area contributed by atoms with Crippen LogP contribution < -0.4 is 5.43 Å². The predicted molar refractivity (Wildman–Crippen MR) is 65.8 cm³/mol. The average molecular weight is 252 g/mol. The van der Waals surface area contributed by atoms with Crippen molar-refractivity contribution >= 4 is 28.6 Å². The number of carboxylic acid groups (broad SMARTS) is 1. The normalized spacial score (nSPS) is 10.7. The van der Waals surface area contributed by atoms with E-state index in [4.69, 9.17) is 16.9 Å². The van der Waals surface area contributed by atoms with E-state index < -0.39 is 11.4 Å². The molecule has 1 aromatic carbocycles. The van der Waals surface area contributed by atoms with Gasteiger partial charge < -0.3 is 5.11 Å². The summed E-state index contributed by atoms with van der Waals surface area (Å²) in [7, 11) is 0. The first-order chi connectivity index (χ1) is 8.07. The molecule has 0 amide bonds. The number of rotatable bonds is 2. The number of hydrogen-bond donors (Lipinski definition) is 1. The third-order valence-electron chi connectivity index (χ3n) is 2.66. The van der Waals surface area contributed by atoms with Crippen LogP contribution in [0.15, 0.2) is 29.1 Å². The molecule has 88 valence electrons. The van der Waals surface area contributed by atoms with Gasteiger partial charge in [-0.25, -0.2) is 4.79 Å². The number of fused-ring (bicyclic) bond motifs is 1. The van der Waals surface area contributed by atoms with Gasteiger partial charge in [-0.05, 0) is 18.6 Å². The van der Waals surface area contributed by atoms with Crippen LogP contribution in [0, 0.1) is 0 Å². The van der Waals surface area contributed by atoms with Gasteiger partial charge in [0.25, 0.3) is 0 Å². The Hall–Kier alpha value is -1.81. The van der Waals surface area contributed by atoms with Gasteiger partial charge in [-0.15, -0.1) is 0 Å². The fraction of sp³-hybridized carbons (Fsp3) is 0.167. The monoisotopic (exact) mass is 251 g/mol. The smallest absolute Gasteiger partial charge is 0.341 e. The number of aromatic nitrogens is 1.